The highest BCUT2D eigenvalue weighted by molar-refractivity contribution is 6.04. The fourth-order valence-electron chi connectivity index (χ4n) is 2.53. The van der Waals surface area contributed by atoms with Gasteiger partial charge in [0.1, 0.15) is 5.82 Å². The molecule has 0 aliphatic carbocycles. The molecule has 0 saturated carbocycles. The second-order valence-electron chi connectivity index (χ2n) is 5.51. The third-order valence-electron chi connectivity index (χ3n) is 3.97. The number of aromatic nitrogens is 1. The van der Waals surface area contributed by atoms with E-state index >= 15 is 0 Å². The standard InChI is InChI=1S/C18H21N3O2/c1-2-14-3-6-16(7-4-14)20-18(22)15-5-8-17(19-13-15)21-9-11-23-12-10-21/h3-8,13H,2,9-12H2,1H3,(H,20,22). The molecule has 0 radical (unpaired) electrons. The molecule has 0 unspecified atom stereocenters. The molecule has 2 heterocycles. The van der Waals surface area contributed by atoms with Gasteiger partial charge in [-0.2, -0.15) is 0 Å². The zero-order valence-electron chi connectivity index (χ0n) is 13.3. The molecule has 120 valence electrons. The van der Waals surface area contributed by atoms with Gasteiger partial charge in [-0.1, -0.05) is 19.1 Å². The lowest BCUT2D eigenvalue weighted by Crippen LogP contribution is -2.36. The number of carbonyl (C=O) groups is 1. The minimum atomic E-state index is -0.143. The van der Waals surface area contributed by atoms with Crippen molar-refractivity contribution in [1.82, 2.24) is 4.98 Å². The van der Waals surface area contributed by atoms with Crippen LogP contribution in [0.5, 0.6) is 0 Å². The summed E-state index contributed by atoms with van der Waals surface area (Å²) in [5.41, 5.74) is 2.60. The molecular formula is C18H21N3O2. The maximum Gasteiger partial charge on any atom is 0.257 e. The second-order valence-corrected chi connectivity index (χ2v) is 5.51. The van der Waals surface area contributed by atoms with Crippen LogP contribution in [0.3, 0.4) is 0 Å². The maximum atomic E-state index is 12.3. The number of nitrogens with zero attached hydrogens (tertiary/aromatic N) is 2. The van der Waals surface area contributed by atoms with Gasteiger partial charge in [-0.25, -0.2) is 4.98 Å². The van der Waals surface area contributed by atoms with Gasteiger partial charge in [-0.15, -0.1) is 0 Å². The van der Waals surface area contributed by atoms with Crippen molar-refractivity contribution in [2.45, 2.75) is 13.3 Å². The summed E-state index contributed by atoms with van der Waals surface area (Å²) < 4.78 is 5.33. The number of pyridine rings is 1. The second kappa shape index (κ2) is 7.24. The van der Waals surface area contributed by atoms with Crippen LogP contribution in [0.2, 0.25) is 0 Å². The van der Waals surface area contributed by atoms with Gasteiger partial charge in [-0.3, -0.25) is 4.79 Å². The van der Waals surface area contributed by atoms with Crippen molar-refractivity contribution in [3.8, 4) is 0 Å². The zero-order chi connectivity index (χ0) is 16.1. The van der Waals surface area contributed by atoms with Gasteiger partial charge in [0.2, 0.25) is 0 Å². The SMILES string of the molecule is CCc1ccc(NC(=O)c2ccc(N3CCOCC3)nc2)cc1. The van der Waals surface area contributed by atoms with Gasteiger partial charge in [0, 0.05) is 25.0 Å². The number of amides is 1. The van der Waals surface area contributed by atoms with Crippen molar-refractivity contribution in [2.75, 3.05) is 36.5 Å². The van der Waals surface area contributed by atoms with Gasteiger partial charge in [0.05, 0.1) is 18.8 Å². The first-order valence-corrected chi connectivity index (χ1v) is 7.95. The molecule has 2 aromatic rings. The molecule has 1 aliphatic rings. The molecule has 0 bridgehead atoms. The van der Waals surface area contributed by atoms with Crippen LogP contribution in [0.4, 0.5) is 11.5 Å². The summed E-state index contributed by atoms with van der Waals surface area (Å²) in [4.78, 5) is 18.8. The molecule has 5 heteroatoms. The van der Waals surface area contributed by atoms with Crippen LogP contribution in [0.25, 0.3) is 0 Å². The summed E-state index contributed by atoms with van der Waals surface area (Å²) in [5.74, 6) is 0.743. The molecule has 0 spiro atoms. The van der Waals surface area contributed by atoms with Gasteiger partial charge < -0.3 is 15.0 Å². The first-order chi connectivity index (χ1) is 11.3. The van der Waals surface area contributed by atoms with Crippen molar-refractivity contribution in [1.29, 1.82) is 0 Å². The van der Waals surface area contributed by atoms with Crippen molar-refractivity contribution < 1.29 is 9.53 Å². The van der Waals surface area contributed by atoms with Gasteiger partial charge in [0.25, 0.3) is 5.91 Å². The van der Waals surface area contributed by atoms with Crippen LogP contribution in [0, 0.1) is 0 Å². The van der Waals surface area contributed by atoms with Gasteiger partial charge in [0.15, 0.2) is 0 Å². The summed E-state index contributed by atoms with van der Waals surface area (Å²) in [6, 6.07) is 11.6. The van der Waals surface area contributed by atoms with Crippen molar-refractivity contribution >= 4 is 17.4 Å². The first kappa shape index (κ1) is 15.5. The predicted octanol–water partition coefficient (Wildman–Crippen LogP) is 2.73. The number of ether oxygens (including phenoxy) is 1. The van der Waals surface area contributed by atoms with E-state index in [9.17, 15) is 4.79 Å². The Kier molecular flexibility index (Phi) is 4.88. The Morgan fingerprint density at radius 1 is 1.17 bits per heavy atom. The van der Waals surface area contributed by atoms with E-state index in [1.54, 1.807) is 6.20 Å². The highest BCUT2D eigenvalue weighted by Gasteiger charge is 2.13. The van der Waals surface area contributed by atoms with Crippen LogP contribution in [0.15, 0.2) is 42.6 Å². The minimum Gasteiger partial charge on any atom is -0.378 e. The lowest BCUT2D eigenvalue weighted by molar-refractivity contribution is 0.102. The van der Waals surface area contributed by atoms with Crippen LogP contribution in [-0.2, 0) is 11.2 Å². The topological polar surface area (TPSA) is 54.5 Å². The fourth-order valence-corrected chi connectivity index (χ4v) is 2.53. The Morgan fingerprint density at radius 2 is 1.91 bits per heavy atom. The maximum absolute atomic E-state index is 12.3. The Bertz CT molecular complexity index is 647. The van der Waals surface area contributed by atoms with E-state index < -0.39 is 0 Å². The Balaban J connectivity index is 1.64. The number of anilines is 2. The Morgan fingerprint density at radius 3 is 2.52 bits per heavy atom. The number of nitrogens with one attached hydrogen (secondary N) is 1. The van der Waals surface area contributed by atoms with Crippen LogP contribution in [-0.4, -0.2) is 37.2 Å². The first-order valence-electron chi connectivity index (χ1n) is 7.95. The van der Waals surface area contributed by atoms with Crippen LogP contribution < -0.4 is 10.2 Å². The molecule has 23 heavy (non-hydrogen) atoms. The van der Waals surface area contributed by atoms with Crippen LogP contribution >= 0.6 is 0 Å². The van der Waals surface area contributed by atoms with E-state index in [4.69, 9.17) is 4.74 Å². The highest BCUT2D eigenvalue weighted by Crippen LogP contribution is 2.15. The summed E-state index contributed by atoms with van der Waals surface area (Å²) in [6.45, 7) is 5.22. The molecule has 1 aromatic carbocycles. The quantitative estimate of drug-likeness (QED) is 0.943. The molecule has 5 nitrogen and oxygen atoms in total. The number of carbonyl (C=O) groups excluding carboxylic acids is 1. The molecule has 1 amide bonds. The van der Waals surface area contributed by atoms with E-state index in [0.717, 1.165) is 44.2 Å². The molecule has 1 aliphatic heterocycles. The average molecular weight is 311 g/mol. The van der Waals surface area contributed by atoms with E-state index in [1.165, 1.54) is 5.56 Å². The number of hydrogen-bond donors (Lipinski definition) is 1. The summed E-state index contributed by atoms with van der Waals surface area (Å²) in [7, 11) is 0. The largest absolute Gasteiger partial charge is 0.378 e. The highest BCUT2D eigenvalue weighted by atomic mass is 16.5. The van der Waals surface area contributed by atoms with E-state index in [0.29, 0.717) is 5.56 Å². The monoisotopic (exact) mass is 311 g/mol. The summed E-state index contributed by atoms with van der Waals surface area (Å²) >= 11 is 0. The fraction of sp³-hybridized carbons (Fsp3) is 0.333. The molecule has 1 aromatic heterocycles. The lowest BCUT2D eigenvalue weighted by Gasteiger charge is -2.27. The summed E-state index contributed by atoms with van der Waals surface area (Å²) in [6.07, 6.45) is 2.61. The third-order valence-corrected chi connectivity index (χ3v) is 3.97. The summed E-state index contributed by atoms with van der Waals surface area (Å²) in [5, 5.41) is 2.90. The van der Waals surface area contributed by atoms with E-state index in [2.05, 4.69) is 22.1 Å². The van der Waals surface area contributed by atoms with E-state index in [1.807, 2.05) is 36.4 Å². The number of hydrogen-bond acceptors (Lipinski definition) is 4. The molecule has 1 N–H and O–H groups in total. The van der Waals surface area contributed by atoms with Crippen molar-refractivity contribution in [2.24, 2.45) is 0 Å². The van der Waals surface area contributed by atoms with Gasteiger partial charge >= 0.3 is 0 Å². The van der Waals surface area contributed by atoms with Crippen molar-refractivity contribution in [3.63, 3.8) is 0 Å². The van der Waals surface area contributed by atoms with Crippen LogP contribution in [0.1, 0.15) is 22.8 Å². The molecular weight excluding hydrogens is 290 g/mol. The smallest absolute Gasteiger partial charge is 0.257 e. The Hall–Kier alpha value is -2.40. The average Bonchev–Trinajstić information content (AvgIpc) is 2.63. The molecule has 3 rings (SSSR count). The molecule has 1 saturated heterocycles. The minimum absolute atomic E-state index is 0.143. The molecule has 1 fully saturated rings. The number of rotatable bonds is 4. The number of aryl methyl sites for hydroxylation is 1. The normalized spacial score (nSPS) is 14.6. The lowest BCUT2D eigenvalue weighted by atomic mass is 10.1. The van der Waals surface area contributed by atoms with Crippen molar-refractivity contribution in [3.05, 3.63) is 53.7 Å². The zero-order valence-corrected chi connectivity index (χ0v) is 13.3. The third kappa shape index (κ3) is 3.87. The number of benzene rings is 1. The molecule has 0 atom stereocenters. The van der Waals surface area contributed by atoms with Gasteiger partial charge in [-0.05, 0) is 36.2 Å². The number of morpholine rings is 1. The Labute approximate surface area is 136 Å². The predicted molar refractivity (Wildman–Crippen MR) is 91.0 cm³/mol. The van der Waals surface area contributed by atoms with E-state index in [-0.39, 0.29) is 5.91 Å².